The molecule has 5 nitrogen and oxygen atoms in total. The fourth-order valence-corrected chi connectivity index (χ4v) is 2.46. The lowest BCUT2D eigenvalue weighted by atomic mass is 10.2. The van der Waals surface area contributed by atoms with E-state index in [9.17, 15) is 10.0 Å². The minimum atomic E-state index is -0.638. The molecule has 0 saturated heterocycles. The fourth-order valence-electron chi connectivity index (χ4n) is 2.24. The van der Waals surface area contributed by atoms with E-state index in [1.54, 1.807) is 24.3 Å². The van der Waals surface area contributed by atoms with E-state index in [1.165, 1.54) is 6.20 Å². The number of fused-ring (bicyclic) bond motifs is 1. The largest absolute Gasteiger partial charge is 0.618 e. The number of benzene rings is 2. The Labute approximate surface area is 137 Å². The van der Waals surface area contributed by atoms with Gasteiger partial charge in [0.05, 0.1) is 10.4 Å². The van der Waals surface area contributed by atoms with Gasteiger partial charge in [-0.1, -0.05) is 41.9 Å². The molecule has 1 N–H and O–H groups in total. The van der Waals surface area contributed by atoms with Crippen molar-refractivity contribution in [2.24, 2.45) is 0 Å². The number of carbonyl (C=O) groups is 1. The Morgan fingerprint density at radius 1 is 1.13 bits per heavy atom. The number of aromatic nitrogens is 1. The maximum atomic E-state index is 12.0. The predicted molar refractivity (Wildman–Crippen MR) is 88.2 cm³/mol. The van der Waals surface area contributed by atoms with Crippen LogP contribution in [0.5, 0.6) is 0 Å². The van der Waals surface area contributed by atoms with Gasteiger partial charge in [-0.2, -0.15) is 4.73 Å². The van der Waals surface area contributed by atoms with Gasteiger partial charge < -0.3 is 9.94 Å². The summed E-state index contributed by atoms with van der Waals surface area (Å²) in [6.07, 6.45) is 0.709. The summed E-state index contributed by atoms with van der Waals surface area (Å²) in [6.45, 7) is 0.148. The first kappa shape index (κ1) is 15.1. The van der Waals surface area contributed by atoms with E-state index >= 15 is 0 Å². The Kier molecular flexibility index (Phi) is 4.30. The SMILES string of the molecule is O=C(Nc1ccc(Cl)c2ccc[n+]([O-])c12)OCc1ccccc1. The highest BCUT2D eigenvalue weighted by molar-refractivity contribution is 6.35. The lowest BCUT2D eigenvalue weighted by molar-refractivity contribution is -0.576. The molecule has 0 unspecified atom stereocenters. The van der Waals surface area contributed by atoms with Crippen molar-refractivity contribution in [1.82, 2.24) is 0 Å². The Morgan fingerprint density at radius 3 is 2.70 bits per heavy atom. The molecule has 0 bridgehead atoms. The quantitative estimate of drug-likeness (QED) is 0.586. The molecule has 0 fully saturated rings. The van der Waals surface area contributed by atoms with Crippen molar-refractivity contribution in [2.45, 2.75) is 6.61 Å². The third kappa shape index (κ3) is 3.35. The number of halogens is 1. The number of amides is 1. The van der Waals surface area contributed by atoms with E-state index in [0.717, 1.165) is 5.56 Å². The van der Waals surface area contributed by atoms with Crippen molar-refractivity contribution in [1.29, 1.82) is 0 Å². The van der Waals surface area contributed by atoms with Crippen molar-refractivity contribution >= 4 is 34.3 Å². The molecule has 1 amide bonds. The van der Waals surface area contributed by atoms with Crippen LogP contribution in [0.2, 0.25) is 5.02 Å². The standard InChI is InChI=1S/C17H13ClN2O3/c18-14-8-9-15(16-13(14)7-4-10-20(16)22)19-17(21)23-11-12-5-2-1-3-6-12/h1-10H,11H2,(H,19,21). The molecule has 0 saturated carbocycles. The van der Waals surface area contributed by atoms with Crippen LogP contribution in [-0.2, 0) is 11.3 Å². The molecule has 0 aliphatic carbocycles. The van der Waals surface area contributed by atoms with Gasteiger partial charge in [0.2, 0.25) is 5.52 Å². The van der Waals surface area contributed by atoms with Gasteiger partial charge in [-0.05, 0) is 23.8 Å². The van der Waals surface area contributed by atoms with Crippen LogP contribution in [0.1, 0.15) is 5.56 Å². The van der Waals surface area contributed by atoms with Crippen LogP contribution in [0.4, 0.5) is 10.5 Å². The van der Waals surface area contributed by atoms with Crippen LogP contribution in [0.3, 0.4) is 0 Å². The molecule has 0 radical (unpaired) electrons. The third-order valence-electron chi connectivity index (χ3n) is 3.32. The van der Waals surface area contributed by atoms with Gasteiger partial charge in [0.1, 0.15) is 12.3 Å². The fraction of sp³-hybridized carbons (Fsp3) is 0.0588. The van der Waals surface area contributed by atoms with Crippen LogP contribution >= 0.6 is 11.6 Å². The van der Waals surface area contributed by atoms with Crippen LogP contribution in [-0.4, -0.2) is 6.09 Å². The maximum absolute atomic E-state index is 12.0. The Morgan fingerprint density at radius 2 is 1.91 bits per heavy atom. The normalized spacial score (nSPS) is 10.5. The van der Waals surface area contributed by atoms with Crippen molar-refractivity contribution in [3.8, 4) is 0 Å². The summed E-state index contributed by atoms with van der Waals surface area (Å²) in [7, 11) is 0. The Hall–Kier alpha value is -2.79. The van der Waals surface area contributed by atoms with E-state index in [0.29, 0.717) is 20.8 Å². The molecule has 0 aliphatic rings. The minimum Gasteiger partial charge on any atom is -0.618 e. The summed E-state index contributed by atoms with van der Waals surface area (Å²) >= 11 is 6.08. The number of nitrogens with one attached hydrogen (secondary N) is 1. The molecule has 2 aromatic carbocycles. The molecule has 1 aromatic heterocycles. The highest BCUT2D eigenvalue weighted by Crippen LogP contribution is 2.27. The summed E-state index contributed by atoms with van der Waals surface area (Å²) in [5.74, 6) is 0. The molecule has 116 valence electrons. The van der Waals surface area contributed by atoms with E-state index in [4.69, 9.17) is 16.3 Å². The lowest BCUT2D eigenvalue weighted by Crippen LogP contribution is -2.28. The first-order valence-electron chi connectivity index (χ1n) is 6.93. The number of pyridine rings is 1. The van der Waals surface area contributed by atoms with E-state index < -0.39 is 6.09 Å². The minimum absolute atomic E-state index is 0.148. The monoisotopic (exact) mass is 328 g/mol. The lowest BCUT2D eigenvalue weighted by Gasteiger charge is -2.10. The van der Waals surface area contributed by atoms with Gasteiger partial charge in [-0.3, -0.25) is 5.32 Å². The van der Waals surface area contributed by atoms with Crippen LogP contribution < -0.4 is 10.0 Å². The maximum Gasteiger partial charge on any atom is 0.412 e. The van der Waals surface area contributed by atoms with Gasteiger partial charge in [0.15, 0.2) is 6.20 Å². The number of nitrogens with zero attached hydrogens (tertiary/aromatic N) is 1. The van der Waals surface area contributed by atoms with Crippen LogP contribution in [0, 0.1) is 5.21 Å². The zero-order valence-corrected chi connectivity index (χ0v) is 12.8. The summed E-state index contributed by atoms with van der Waals surface area (Å²) in [4.78, 5) is 11.9. The molecular weight excluding hydrogens is 316 g/mol. The first-order chi connectivity index (χ1) is 11.1. The topological polar surface area (TPSA) is 65.3 Å². The molecule has 3 aromatic rings. The van der Waals surface area contributed by atoms with E-state index in [1.807, 2.05) is 30.3 Å². The van der Waals surface area contributed by atoms with E-state index in [2.05, 4.69) is 5.32 Å². The van der Waals surface area contributed by atoms with E-state index in [-0.39, 0.29) is 12.1 Å². The highest BCUT2D eigenvalue weighted by Gasteiger charge is 2.15. The summed E-state index contributed by atoms with van der Waals surface area (Å²) in [5, 5.41) is 15.6. The summed E-state index contributed by atoms with van der Waals surface area (Å²) < 4.78 is 5.82. The Balaban J connectivity index is 1.79. The number of anilines is 1. The average molecular weight is 329 g/mol. The smallest absolute Gasteiger partial charge is 0.412 e. The zero-order chi connectivity index (χ0) is 16.2. The van der Waals surface area contributed by atoms with Crippen molar-refractivity contribution < 1.29 is 14.3 Å². The number of carbonyl (C=O) groups excluding carboxylic acids is 1. The second-order valence-corrected chi connectivity index (χ2v) is 5.29. The molecule has 3 rings (SSSR count). The van der Waals surface area contributed by atoms with Gasteiger partial charge >= 0.3 is 6.09 Å². The van der Waals surface area contributed by atoms with Gasteiger partial charge in [-0.25, -0.2) is 4.79 Å². The second-order valence-electron chi connectivity index (χ2n) is 4.88. The van der Waals surface area contributed by atoms with Crippen molar-refractivity contribution in [3.63, 3.8) is 0 Å². The summed E-state index contributed by atoms with van der Waals surface area (Å²) in [5.41, 5.74) is 1.51. The number of hydrogen-bond donors (Lipinski definition) is 1. The van der Waals surface area contributed by atoms with Crippen LogP contribution in [0.15, 0.2) is 60.8 Å². The first-order valence-corrected chi connectivity index (χ1v) is 7.31. The molecule has 0 aliphatic heterocycles. The molecule has 6 heteroatoms. The van der Waals surface area contributed by atoms with Gasteiger partial charge in [0, 0.05) is 6.07 Å². The predicted octanol–water partition coefficient (Wildman–Crippen LogP) is 3.88. The van der Waals surface area contributed by atoms with Crippen molar-refractivity contribution in [2.75, 3.05) is 5.32 Å². The van der Waals surface area contributed by atoms with Gasteiger partial charge in [-0.15, -0.1) is 0 Å². The van der Waals surface area contributed by atoms with Crippen molar-refractivity contribution in [3.05, 3.63) is 76.6 Å². The van der Waals surface area contributed by atoms with Gasteiger partial charge in [0.25, 0.3) is 0 Å². The number of ether oxygens (including phenoxy) is 1. The average Bonchev–Trinajstić information content (AvgIpc) is 2.57. The molecule has 1 heterocycles. The van der Waals surface area contributed by atoms with Crippen LogP contribution in [0.25, 0.3) is 10.9 Å². The number of hydrogen-bond acceptors (Lipinski definition) is 3. The molecule has 23 heavy (non-hydrogen) atoms. The summed E-state index contributed by atoms with van der Waals surface area (Å²) in [6, 6.07) is 15.8. The third-order valence-corrected chi connectivity index (χ3v) is 3.65. The second kappa shape index (κ2) is 6.54. The molecular formula is C17H13ClN2O3. The highest BCUT2D eigenvalue weighted by atomic mass is 35.5. The molecule has 0 atom stereocenters. The molecule has 0 spiro atoms. The number of rotatable bonds is 3. The zero-order valence-electron chi connectivity index (χ0n) is 12.0. The Bertz CT molecular complexity index is 853.